The number of hydrogen-bond donors (Lipinski definition) is 0. The smallest absolute Gasteiger partial charge is 0.307 e. The van der Waals surface area contributed by atoms with Crippen LogP contribution < -0.4 is 4.90 Å². The summed E-state index contributed by atoms with van der Waals surface area (Å²) in [5.41, 5.74) is -0.520. The van der Waals surface area contributed by atoms with Crippen LogP contribution in [0.25, 0.3) is 0 Å². The molecule has 7 nitrogen and oxygen atoms in total. The van der Waals surface area contributed by atoms with Crippen LogP contribution in [0.2, 0.25) is 0 Å². The molecule has 1 aromatic rings. The lowest BCUT2D eigenvalue weighted by molar-refractivity contribution is -0.151. The van der Waals surface area contributed by atoms with E-state index in [0.29, 0.717) is 32.1 Å². The topological polar surface area (TPSA) is 75.6 Å². The monoisotopic (exact) mass is 330 g/mol. The maximum absolute atomic E-state index is 13.0. The van der Waals surface area contributed by atoms with E-state index in [0.717, 1.165) is 25.7 Å². The van der Waals surface area contributed by atoms with Crippen molar-refractivity contribution in [2.45, 2.75) is 37.7 Å². The van der Waals surface area contributed by atoms with E-state index in [-0.39, 0.29) is 24.2 Å². The number of piperazine rings is 1. The first-order valence-electron chi connectivity index (χ1n) is 8.71. The first kappa shape index (κ1) is 15.4. The highest BCUT2D eigenvalue weighted by molar-refractivity contribution is 5.88. The van der Waals surface area contributed by atoms with E-state index >= 15 is 0 Å². The number of anilines is 1. The minimum Gasteiger partial charge on any atom is -0.458 e. The standard InChI is InChI=1S/C17H22N4O3/c22-14-12-13(17(24-14)4-1-2-5-17)15(23)20-8-10-21(11-9-20)16-18-6-3-7-19-16/h3,6-7,13H,1-2,4-5,8-12H2/t13-/m1/s1. The van der Waals surface area contributed by atoms with Crippen LogP contribution in [-0.2, 0) is 14.3 Å². The average Bonchev–Trinajstić information content (AvgIpc) is 3.22. The fourth-order valence-electron chi connectivity index (χ4n) is 4.23. The van der Waals surface area contributed by atoms with Crippen molar-refractivity contribution in [2.24, 2.45) is 5.92 Å². The third-order valence-corrected chi connectivity index (χ3v) is 5.50. The van der Waals surface area contributed by atoms with E-state index in [1.165, 1.54) is 0 Å². The summed E-state index contributed by atoms with van der Waals surface area (Å²) in [5.74, 6) is 0.270. The van der Waals surface area contributed by atoms with Gasteiger partial charge < -0.3 is 14.5 Å². The van der Waals surface area contributed by atoms with Crippen molar-refractivity contribution in [3.63, 3.8) is 0 Å². The first-order chi connectivity index (χ1) is 11.7. The highest BCUT2D eigenvalue weighted by Gasteiger charge is 2.54. The van der Waals surface area contributed by atoms with Gasteiger partial charge in [-0.05, 0) is 31.7 Å². The molecular formula is C17H22N4O3. The van der Waals surface area contributed by atoms with Gasteiger partial charge in [-0.15, -0.1) is 0 Å². The summed E-state index contributed by atoms with van der Waals surface area (Å²) >= 11 is 0. The molecule has 0 N–H and O–H groups in total. The zero-order valence-corrected chi connectivity index (χ0v) is 13.7. The second-order valence-corrected chi connectivity index (χ2v) is 6.86. The van der Waals surface area contributed by atoms with Gasteiger partial charge in [0.1, 0.15) is 5.60 Å². The Morgan fingerprint density at radius 3 is 2.46 bits per heavy atom. The summed E-state index contributed by atoms with van der Waals surface area (Å²) in [6.07, 6.45) is 7.42. The number of ether oxygens (including phenoxy) is 1. The zero-order chi connectivity index (χ0) is 16.6. The lowest BCUT2D eigenvalue weighted by atomic mass is 9.84. The Labute approximate surface area is 141 Å². The lowest BCUT2D eigenvalue weighted by Gasteiger charge is -2.38. The number of amides is 1. The van der Waals surface area contributed by atoms with Crippen molar-refractivity contribution in [1.29, 1.82) is 0 Å². The quantitative estimate of drug-likeness (QED) is 0.753. The number of hydrogen-bond acceptors (Lipinski definition) is 6. The lowest BCUT2D eigenvalue weighted by Crippen LogP contribution is -2.53. The molecule has 1 saturated carbocycles. The van der Waals surface area contributed by atoms with Crippen LogP contribution in [0.1, 0.15) is 32.1 Å². The number of nitrogens with zero attached hydrogens (tertiary/aromatic N) is 4. The van der Waals surface area contributed by atoms with Crippen LogP contribution in [0, 0.1) is 5.92 Å². The van der Waals surface area contributed by atoms with Gasteiger partial charge in [-0.3, -0.25) is 9.59 Å². The van der Waals surface area contributed by atoms with E-state index in [1.54, 1.807) is 18.5 Å². The van der Waals surface area contributed by atoms with E-state index in [2.05, 4.69) is 14.9 Å². The van der Waals surface area contributed by atoms with E-state index in [1.807, 2.05) is 4.90 Å². The molecular weight excluding hydrogens is 308 g/mol. The van der Waals surface area contributed by atoms with Crippen molar-refractivity contribution in [3.8, 4) is 0 Å². The largest absolute Gasteiger partial charge is 0.458 e. The summed E-state index contributed by atoms with van der Waals surface area (Å²) in [6.45, 7) is 2.70. The predicted molar refractivity (Wildman–Crippen MR) is 86.2 cm³/mol. The minimum atomic E-state index is -0.520. The van der Waals surface area contributed by atoms with E-state index < -0.39 is 5.60 Å². The highest BCUT2D eigenvalue weighted by Crippen LogP contribution is 2.46. The van der Waals surface area contributed by atoms with Gasteiger partial charge in [-0.25, -0.2) is 9.97 Å². The molecule has 3 heterocycles. The summed E-state index contributed by atoms with van der Waals surface area (Å²) in [4.78, 5) is 37.3. The molecule has 1 aliphatic carbocycles. The Morgan fingerprint density at radius 1 is 1.12 bits per heavy atom. The van der Waals surface area contributed by atoms with Gasteiger partial charge in [0.2, 0.25) is 11.9 Å². The Morgan fingerprint density at radius 2 is 1.79 bits per heavy atom. The second-order valence-electron chi connectivity index (χ2n) is 6.86. The van der Waals surface area contributed by atoms with Crippen molar-refractivity contribution in [2.75, 3.05) is 31.1 Å². The molecule has 7 heteroatoms. The Hall–Kier alpha value is -2.18. The maximum atomic E-state index is 13.0. The van der Waals surface area contributed by atoms with Crippen LogP contribution >= 0.6 is 0 Å². The van der Waals surface area contributed by atoms with Gasteiger partial charge in [-0.2, -0.15) is 0 Å². The molecule has 3 aliphatic rings. The Bertz CT molecular complexity index is 622. The minimum absolute atomic E-state index is 0.0800. The second kappa shape index (κ2) is 6.03. The van der Waals surface area contributed by atoms with Gasteiger partial charge in [0, 0.05) is 38.6 Å². The Kier molecular flexibility index (Phi) is 3.86. The third kappa shape index (κ3) is 2.61. The molecule has 1 amide bonds. The number of rotatable bonds is 2. The van der Waals surface area contributed by atoms with Gasteiger partial charge in [0.15, 0.2) is 0 Å². The van der Waals surface area contributed by atoms with Crippen molar-refractivity contribution in [3.05, 3.63) is 18.5 Å². The Balaban J connectivity index is 1.42. The third-order valence-electron chi connectivity index (χ3n) is 5.50. The molecule has 1 atom stereocenters. The maximum Gasteiger partial charge on any atom is 0.307 e. The average molecular weight is 330 g/mol. The molecule has 3 fully saturated rings. The van der Waals surface area contributed by atoms with Gasteiger partial charge in [0.25, 0.3) is 0 Å². The molecule has 128 valence electrons. The van der Waals surface area contributed by atoms with E-state index in [9.17, 15) is 9.59 Å². The van der Waals surface area contributed by atoms with Crippen LogP contribution in [0.5, 0.6) is 0 Å². The summed E-state index contributed by atoms with van der Waals surface area (Å²) in [7, 11) is 0. The first-order valence-corrected chi connectivity index (χ1v) is 8.71. The number of esters is 1. The normalized spacial score (nSPS) is 26.0. The van der Waals surface area contributed by atoms with Crippen LogP contribution in [0.4, 0.5) is 5.95 Å². The molecule has 0 radical (unpaired) electrons. The van der Waals surface area contributed by atoms with Crippen molar-refractivity contribution in [1.82, 2.24) is 14.9 Å². The molecule has 0 aromatic carbocycles. The summed E-state index contributed by atoms with van der Waals surface area (Å²) < 4.78 is 5.61. The van der Waals surface area contributed by atoms with Gasteiger partial charge in [0.05, 0.1) is 12.3 Å². The van der Waals surface area contributed by atoms with Gasteiger partial charge >= 0.3 is 5.97 Å². The molecule has 0 bridgehead atoms. The molecule has 0 unspecified atom stereocenters. The summed E-state index contributed by atoms with van der Waals surface area (Å²) in [6, 6.07) is 1.79. The van der Waals surface area contributed by atoms with Crippen LogP contribution in [0.3, 0.4) is 0 Å². The van der Waals surface area contributed by atoms with Crippen molar-refractivity contribution < 1.29 is 14.3 Å². The van der Waals surface area contributed by atoms with Crippen LogP contribution in [0.15, 0.2) is 18.5 Å². The number of carbonyl (C=O) groups is 2. The fourth-order valence-corrected chi connectivity index (χ4v) is 4.23. The zero-order valence-electron chi connectivity index (χ0n) is 13.7. The molecule has 1 spiro atoms. The SMILES string of the molecule is O=C1C[C@H](C(=O)N2CCN(c3ncccn3)CC2)C2(CCCC2)O1. The predicted octanol–water partition coefficient (Wildman–Crippen LogP) is 1.00. The highest BCUT2D eigenvalue weighted by atomic mass is 16.6. The summed E-state index contributed by atoms with van der Waals surface area (Å²) in [5, 5.41) is 0. The molecule has 24 heavy (non-hydrogen) atoms. The van der Waals surface area contributed by atoms with Crippen LogP contribution in [-0.4, -0.2) is 58.5 Å². The molecule has 4 rings (SSSR count). The molecule has 2 saturated heterocycles. The number of aromatic nitrogens is 2. The fraction of sp³-hybridized carbons (Fsp3) is 0.647. The number of carbonyl (C=O) groups excluding carboxylic acids is 2. The van der Waals surface area contributed by atoms with E-state index in [4.69, 9.17) is 4.74 Å². The van der Waals surface area contributed by atoms with Crippen molar-refractivity contribution >= 4 is 17.8 Å². The van der Waals surface area contributed by atoms with Gasteiger partial charge in [-0.1, -0.05) is 0 Å². The molecule has 2 aliphatic heterocycles. The molecule has 1 aromatic heterocycles.